The van der Waals surface area contributed by atoms with Crippen molar-refractivity contribution in [3.63, 3.8) is 0 Å². The summed E-state index contributed by atoms with van der Waals surface area (Å²) in [6.07, 6.45) is 0. The van der Waals surface area contributed by atoms with Gasteiger partial charge in [0.1, 0.15) is 15.0 Å². The molecule has 0 atom stereocenters. The number of thiazole rings is 3. The van der Waals surface area contributed by atoms with Gasteiger partial charge in [-0.3, -0.25) is 0 Å². The quantitative estimate of drug-likeness (QED) is 0.171. The minimum Gasteiger partial charge on any atom is -0.310 e. The fraction of sp³-hybridized carbons (Fsp3) is 0.133. The van der Waals surface area contributed by atoms with Gasteiger partial charge in [-0.1, -0.05) is 36.4 Å². The predicted molar refractivity (Wildman–Crippen MR) is 225 cm³/mol. The van der Waals surface area contributed by atoms with Crippen LogP contribution in [0.1, 0.15) is 33.4 Å². The molecule has 52 heavy (non-hydrogen) atoms. The number of anilines is 3. The number of aryl methyl sites for hydroxylation is 6. The van der Waals surface area contributed by atoms with Crippen molar-refractivity contribution in [1.29, 1.82) is 0 Å². The molecule has 3 aromatic heterocycles. The van der Waals surface area contributed by atoms with Crippen molar-refractivity contribution in [2.45, 2.75) is 41.5 Å². The second kappa shape index (κ2) is 12.8. The summed E-state index contributed by atoms with van der Waals surface area (Å²) in [5.41, 5.74) is 17.3. The summed E-state index contributed by atoms with van der Waals surface area (Å²) in [4.78, 5) is 17.6. The third-order valence-electron chi connectivity index (χ3n) is 9.92. The molecule has 0 aliphatic carbocycles. The Bertz CT molecular complexity index is 2430. The van der Waals surface area contributed by atoms with E-state index in [1.807, 2.05) is 0 Å². The number of hydrogen-bond donors (Lipinski definition) is 0. The van der Waals surface area contributed by atoms with Crippen LogP contribution in [0.4, 0.5) is 17.1 Å². The van der Waals surface area contributed by atoms with Crippen LogP contribution in [0.25, 0.3) is 62.4 Å². The second-order valence-corrected chi connectivity index (χ2v) is 16.7. The molecule has 0 radical (unpaired) electrons. The van der Waals surface area contributed by atoms with Gasteiger partial charge >= 0.3 is 0 Å². The average Bonchev–Trinajstić information content (AvgIpc) is 3.89. The van der Waals surface area contributed by atoms with E-state index in [1.54, 1.807) is 34.0 Å². The highest BCUT2D eigenvalue weighted by molar-refractivity contribution is 7.22. The van der Waals surface area contributed by atoms with Gasteiger partial charge in [0, 0.05) is 33.8 Å². The number of aromatic nitrogens is 3. The molecule has 3 heterocycles. The van der Waals surface area contributed by atoms with Gasteiger partial charge < -0.3 is 4.90 Å². The van der Waals surface area contributed by atoms with Crippen molar-refractivity contribution < 1.29 is 0 Å². The Kier molecular flexibility index (Phi) is 8.03. The molecule has 0 amide bonds. The lowest BCUT2D eigenvalue weighted by molar-refractivity contribution is 1.18. The van der Waals surface area contributed by atoms with E-state index in [0.717, 1.165) is 48.6 Å². The normalized spacial score (nSPS) is 11.7. The molecule has 9 aromatic rings. The van der Waals surface area contributed by atoms with Gasteiger partial charge in [-0.2, -0.15) is 0 Å². The van der Waals surface area contributed by atoms with Crippen molar-refractivity contribution in [2.75, 3.05) is 4.90 Å². The summed E-state index contributed by atoms with van der Waals surface area (Å²) in [5, 5.41) is 3.16. The van der Waals surface area contributed by atoms with E-state index in [0.29, 0.717) is 0 Å². The lowest BCUT2D eigenvalue weighted by atomic mass is 9.97. The molecule has 0 bridgehead atoms. The summed E-state index contributed by atoms with van der Waals surface area (Å²) >= 11 is 5.27. The van der Waals surface area contributed by atoms with E-state index in [1.165, 1.54) is 64.2 Å². The maximum Gasteiger partial charge on any atom is 0.124 e. The SMILES string of the molecule is Cc1cc(N(c2cc(C)c(-c3nc4ccccc4s3)cc2C)c2cc(C)c(-c3nc4ccccc4s3)cc2C)c(C)cc1-c1nc2ccccc2s1. The maximum absolute atomic E-state index is 5.03. The lowest BCUT2D eigenvalue weighted by Gasteiger charge is -2.32. The first-order valence-electron chi connectivity index (χ1n) is 17.4. The minimum atomic E-state index is 1.05. The van der Waals surface area contributed by atoms with Crippen molar-refractivity contribution in [3.05, 3.63) is 143 Å². The zero-order valence-corrected chi connectivity index (χ0v) is 32.4. The fourth-order valence-electron chi connectivity index (χ4n) is 7.17. The summed E-state index contributed by atoms with van der Waals surface area (Å²) in [6, 6.07) is 39.2. The van der Waals surface area contributed by atoms with Crippen molar-refractivity contribution in [1.82, 2.24) is 15.0 Å². The minimum absolute atomic E-state index is 1.05. The van der Waals surface area contributed by atoms with Gasteiger partial charge in [0.15, 0.2) is 0 Å². The number of fused-ring (bicyclic) bond motifs is 3. The van der Waals surface area contributed by atoms with E-state index in [4.69, 9.17) is 15.0 Å². The number of para-hydroxylation sites is 3. The van der Waals surface area contributed by atoms with E-state index < -0.39 is 0 Å². The average molecular weight is 729 g/mol. The summed E-state index contributed by atoms with van der Waals surface area (Å²) < 4.78 is 3.62. The number of rotatable bonds is 6. The molecule has 0 saturated carbocycles. The molecule has 254 valence electrons. The molecular weight excluding hydrogens is 693 g/mol. The van der Waals surface area contributed by atoms with E-state index >= 15 is 0 Å². The summed E-state index contributed by atoms with van der Waals surface area (Å²) in [7, 11) is 0. The zero-order valence-electron chi connectivity index (χ0n) is 29.9. The molecule has 0 unspecified atom stereocenters. The molecule has 0 fully saturated rings. The molecule has 0 aliphatic heterocycles. The fourth-order valence-corrected chi connectivity index (χ4v) is 10.3. The summed E-state index contributed by atoms with van der Waals surface area (Å²) in [5.74, 6) is 0. The standard InChI is InChI=1S/C45H36N4S3/c1-25-22-37(28(4)19-31(25)43-46-34-13-7-10-16-40(34)50-43)49(38-23-26(2)32(20-29(38)5)44-47-35-14-8-11-17-41(35)51-44)39-24-27(3)33(21-30(39)6)45-48-36-15-9-12-18-42(36)52-45/h7-24H,1-6H3. The van der Waals surface area contributed by atoms with Gasteiger partial charge in [-0.15, -0.1) is 34.0 Å². The number of benzene rings is 6. The molecule has 6 aromatic carbocycles. The van der Waals surface area contributed by atoms with Crippen LogP contribution in [-0.4, -0.2) is 15.0 Å². The maximum atomic E-state index is 5.03. The third kappa shape index (κ3) is 5.60. The van der Waals surface area contributed by atoms with Crippen LogP contribution >= 0.6 is 34.0 Å². The first kappa shape index (κ1) is 32.7. The topological polar surface area (TPSA) is 41.9 Å². The van der Waals surface area contributed by atoms with Crippen LogP contribution in [0.5, 0.6) is 0 Å². The van der Waals surface area contributed by atoms with Crippen molar-refractivity contribution in [3.8, 4) is 31.7 Å². The Morgan fingerprint density at radius 2 is 0.654 bits per heavy atom. The van der Waals surface area contributed by atoms with Gasteiger partial charge in [0.05, 0.1) is 30.6 Å². The van der Waals surface area contributed by atoms with E-state index in [9.17, 15) is 0 Å². The van der Waals surface area contributed by atoms with E-state index in [2.05, 4.69) is 156 Å². The molecule has 0 spiro atoms. The molecule has 0 N–H and O–H groups in total. The second-order valence-electron chi connectivity index (χ2n) is 13.7. The largest absolute Gasteiger partial charge is 0.310 e. The smallest absolute Gasteiger partial charge is 0.124 e. The Hall–Kier alpha value is -5.21. The Balaban J connectivity index is 1.22. The Labute approximate surface area is 315 Å². The molecule has 9 rings (SSSR count). The first-order valence-corrected chi connectivity index (χ1v) is 19.9. The van der Waals surface area contributed by atoms with Crippen molar-refractivity contribution in [2.24, 2.45) is 0 Å². The predicted octanol–water partition coefficient (Wildman–Crippen LogP) is 13.8. The van der Waals surface area contributed by atoms with Crippen LogP contribution in [0.3, 0.4) is 0 Å². The van der Waals surface area contributed by atoms with Crippen LogP contribution in [-0.2, 0) is 0 Å². The highest BCUT2D eigenvalue weighted by atomic mass is 32.1. The molecule has 0 aliphatic rings. The van der Waals surface area contributed by atoms with Crippen molar-refractivity contribution >= 4 is 81.7 Å². The molecule has 7 heteroatoms. The summed E-state index contributed by atoms with van der Waals surface area (Å²) in [6.45, 7) is 13.3. The third-order valence-corrected chi connectivity index (χ3v) is 13.1. The first-order chi connectivity index (χ1) is 25.2. The van der Waals surface area contributed by atoms with Crippen LogP contribution in [0.2, 0.25) is 0 Å². The Morgan fingerprint density at radius 1 is 0.365 bits per heavy atom. The van der Waals surface area contributed by atoms with Crippen LogP contribution in [0, 0.1) is 41.5 Å². The van der Waals surface area contributed by atoms with Gasteiger partial charge in [0.25, 0.3) is 0 Å². The number of hydrogen-bond acceptors (Lipinski definition) is 7. The molecular formula is C45H36N4S3. The van der Waals surface area contributed by atoms with Crippen LogP contribution in [0.15, 0.2) is 109 Å². The van der Waals surface area contributed by atoms with Crippen LogP contribution < -0.4 is 4.90 Å². The van der Waals surface area contributed by atoms with Gasteiger partial charge in [-0.25, -0.2) is 15.0 Å². The van der Waals surface area contributed by atoms with E-state index in [-0.39, 0.29) is 0 Å². The highest BCUT2D eigenvalue weighted by Gasteiger charge is 2.24. The zero-order chi connectivity index (χ0) is 35.7. The Morgan fingerprint density at radius 3 is 0.942 bits per heavy atom. The molecule has 0 saturated heterocycles. The highest BCUT2D eigenvalue weighted by Crippen LogP contribution is 2.46. The monoisotopic (exact) mass is 728 g/mol. The number of nitrogens with zero attached hydrogens (tertiary/aromatic N) is 4. The van der Waals surface area contributed by atoms with Gasteiger partial charge in [-0.05, 0) is 148 Å². The lowest BCUT2D eigenvalue weighted by Crippen LogP contribution is -2.15. The van der Waals surface area contributed by atoms with Gasteiger partial charge in [0.2, 0.25) is 0 Å². The molecule has 4 nitrogen and oxygen atoms in total.